The van der Waals surface area contributed by atoms with Gasteiger partial charge in [-0.25, -0.2) is 4.99 Å². The Morgan fingerprint density at radius 3 is 2.46 bits per heavy atom. The highest BCUT2D eigenvalue weighted by molar-refractivity contribution is 5.95. The Morgan fingerprint density at radius 2 is 1.88 bits per heavy atom. The van der Waals surface area contributed by atoms with E-state index in [1.165, 1.54) is 16.2 Å². The molecule has 4 N–H and O–H groups in total. The maximum atomic E-state index is 5.86. The molecule has 1 heterocycles. The highest BCUT2D eigenvalue weighted by Gasteiger charge is 2.32. The summed E-state index contributed by atoms with van der Waals surface area (Å²) in [6.45, 7) is 11.2. The predicted octanol–water partition coefficient (Wildman–Crippen LogP) is 2.92. The van der Waals surface area contributed by atoms with Crippen LogP contribution in [0, 0.1) is 6.92 Å². The molecule has 0 saturated heterocycles. The number of nitrogens with zero attached hydrogens (tertiary/aromatic N) is 3. The van der Waals surface area contributed by atoms with Gasteiger partial charge in [-0.15, -0.1) is 12.4 Å². The zero-order chi connectivity index (χ0) is 18.6. The number of hydrogen-bond acceptors (Lipinski definition) is 7. The Kier molecular flexibility index (Phi) is 7.71. The third-order valence-electron chi connectivity index (χ3n) is 3.96. The van der Waals surface area contributed by atoms with Crippen LogP contribution in [0.2, 0.25) is 0 Å². The molecule has 0 fully saturated rings. The van der Waals surface area contributed by atoms with E-state index in [9.17, 15) is 0 Å². The van der Waals surface area contributed by atoms with Crippen molar-refractivity contribution in [2.45, 2.75) is 52.6 Å². The van der Waals surface area contributed by atoms with Gasteiger partial charge in [-0.2, -0.15) is 10.1 Å². The van der Waals surface area contributed by atoms with Gasteiger partial charge in [0.25, 0.3) is 0 Å². The van der Waals surface area contributed by atoms with E-state index in [2.05, 4.69) is 42.9 Å². The summed E-state index contributed by atoms with van der Waals surface area (Å²) >= 11 is 0. The Bertz CT molecular complexity index is 674. The van der Waals surface area contributed by atoms with E-state index < -0.39 is 5.66 Å². The molecule has 0 bridgehead atoms. The fraction of sp³-hybridized carbons (Fsp3) is 0.556. The molecule has 0 radical (unpaired) electrons. The average molecular weight is 384 g/mol. The molecular weight excluding hydrogens is 354 g/mol. The highest BCUT2D eigenvalue weighted by Crippen LogP contribution is 2.24. The van der Waals surface area contributed by atoms with Crippen LogP contribution in [0.15, 0.2) is 28.2 Å². The molecule has 0 unspecified atom stereocenters. The maximum absolute atomic E-state index is 5.86. The summed E-state index contributed by atoms with van der Waals surface area (Å²) in [5, 5.41) is 1.48. The second-order valence-corrected chi connectivity index (χ2v) is 6.94. The van der Waals surface area contributed by atoms with Crippen molar-refractivity contribution in [1.29, 1.82) is 0 Å². The molecule has 0 aromatic heterocycles. The first-order valence-corrected chi connectivity index (χ1v) is 8.56. The van der Waals surface area contributed by atoms with Crippen molar-refractivity contribution in [3.63, 3.8) is 0 Å². The van der Waals surface area contributed by atoms with Crippen LogP contribution in [0.1, 0.15) is 51.2 Å². The van der Waals surface area contributed by atoms with E-state index in [4.69, 9.17) is 21.0 Å². The van der Waals surface area contributed by atoms with Gasteiger partial charge in [0.05, 0.1) is 13.2 Å². The number of benzene rings is 1. The quantitative estimate of drug-likeness (QED) is 0.705. The van der Waals surface area contributed by atoms with Crippen LogP contribution in [0.5, 0.6) is 5.75 Å². The topological polar surface area (TPSA) is 98.5 Å². The lowest BCUT2D eigenvalue weighted by Crippen LogP contribution is -2.53. The number of nitrogens with two attached hydrogens (primary N) is 2. The first-order chi connectivity index (χ1) is 11.7. The minimum absolute atomic E-state index is 0. The van der Waals surface area contributed by atoms with Crippen molar-refractivity contribution >= 4 is 24.3 Å². The van der Waals surface area contributed by atoms with Crippen LogP contribution in [0.3, 0.4) is 0 Å². The van der Waals surface area contributed by atoms with Crippen LogP contribution in [-0.2, 0) is 4.84 Å². The van der Waals surface area contributed by atoms with Gasteiger partial charge in [-0.1, -0.05) is 19.9 Å². The summed E-state index contributed by atoms with van der Waals surface area (Å²) in [5.41, 5.74) is 13.4. The lowest BCUT2D eigenvalue weighted by Gasteiger charge is -2.36. The van der Waals surface area contributed by atoms with Crippen molar-refractivity contribution in [2.24, 2.45) is 21.5 Å². The second kappa shape index (κ2) is 9.09. The summed E-state index contributed by atoms with van der Waals surface area (Å²) in [5.74, 6) is 1.75. The van der Waals surface area contributed by atoms with E-state index in [-0.39, 0.29) is 24.3 Å². The molecule has 146 valence electrons. The lowest BCUT2D eigenvalue weighted by molar-refractivity contribution is -0.158. The van der Waals surface area contributed by atoms with Crippen LogP contribution in [-0.4, -0.2) is 35.9 Å². The van der Waals surface area contributed by atoms with Gasteiger partial charge in [0, 0.05) is 6.42 Å². The Balaban J connectivity index is 0.00000338. The van der Waals surface area contributed by atoms with Crippen molar-refractivity contribution in [1.82, 2.24) is 5.06 Å². The zero-order valence-corrected chi connectivity index (χ0v) is 17.0. The minimum atomic E-state index is -0.680. The third kappa shape index (κ3) is 5.51. The molecule has 0 saturated carbocycles. The Hall–Kier alpha value is -1.99. The van der Waals surface area contributed by atoms with Crippen molar-refractivity contribution < 1.29 is 9.57 Å². The lowest BCUT2D eigenvalue weighted by atomic mass is 9.98. The number of aryl methyl sites for hydroxylation is 1. The molecule has 1 aromatic carbocycles. The summed E-state index contributed by atoms with van der Waals surface area (Å²) in [6.07, 6.45) is 0.712. The second-order valence-electron chi connectivity index (χ2n) is 6.94. The largest absolute Gasteiger partial charge is 0.493 e. The standard InChI is InChI=1S/C18H29N5O2.ClH/c1-12(2)15-8-7-14(11-13(15)3)24-9-6-10-25-23-17(20)21-16(19)22-18(23,4)5;/h7-8,11-12H,6,9-10H2,1-5H3,(H4,19,20,21,22);1H. The molecule has 8 heteroatoms. The molecule has 0 spiro atoms. The number of guanidine groups is 2. The minimum Gasteiger partial charge on any atom is -0.493 e. The normalized spacial score (nSPS) is 16.0. The molecule has 0 aliphatic carbocycles. The van der Waals surface area contributed by atoms with Gasteiger partial charge in [0.1, 0.15) is 5.75 Å². The number of ether oxygens (including phenoxy) is 1. The fourth-order valence-corrected chi connectivity index (χ4v) is 2.81. The smallest absolute Gasteiger partial charge is 0.226 e. The number of aliphatic imine (C=N–C) groups is 2. The molecular formula is C18H30ClN5O2. The molecule has 2 rings (SSSR count). The van der Waals surface area contributed by atoms with Crippen LogP contribution >= 0.6 is 12.4 Å². The molecule has 1 aliphatic rings. The zero-order valence-electron chi connectivity index (χ0n) is 16.2. The van der Waals surface area contributed by atoms with E-state index in [1.807, 2.05) is 19.9 Å². The molecule has 0 amide bonds. The van der Waals surface area contributed by atoms with Gasteiger partial charge in [-0.05, 0) is 49.9 Å². The number of hydrogen-bond donors (Lipinski definition) is 2. The van der Waals surface area contributed by atoms with E-state index in [1.54, 1.807) is 0 Å². The van der Waals surface area contributed by atoms with Crippen molar-refractivity contribution in [3.05, 3.63) is 29.3 Å². The average Bonchev–Trinajstić information content (AvgIpc) is 2.48. The number of halogens is 1. The van der Waals surface area contributed by atoms with Crippen molar-refractivity contribution in [3.8, 4) is 5.75 Å². The molecule has 26 heavy (non-hydrogen) atoms. The van der Waals surface area contributed by atoms with Crippen LogP contribution in [0.25, 0.3) is 0 Å². The first-order valence-electron chi connectivity index (χ1n) is 8.56. The molecule has 0 atom stereocenters. The van der Waals surface area contributed by atoms with Gasteiger partial charge >= 0.3 is 0 Å². The SMILES string of the molecule is Cc1cc(OCCCON2C(N)=NC(N)=NC2(C)C)ccc1C(C)C.Cl. The van der Waals surface area contributed by atoms with Gasteiger partial charge in [-0.3, -0.25) is 4.84 Å². The van der Waals surface area contributed by atoms with E-state index in [0.717, 1.165) is 5.75 Å². The van der Waals surface area contributed by atoms with Gasteiger partial charge in [0.15, 0.2) is 5.66 Å². The van der Waals surface area contributed by atoms with Crippen LogP contribution < -0.4 is 16.2 Å². The predicted molar refractivity (Wildman–Crippen MR) is 108 cm³/mol. The number of hydroxylamine groups is 2. The van der Waals surface area contributed by atoms with Gasteiger partial charge < -0.3 is 16.2 Å². The van der Waals surface area contributed by atoms with Gasteiger partial charge in [0.2, 0.25) is 11.9 Å². The van der Waals surface area contributed by atoms with Crippen molar-refractivity contribution in [2.75, 3.05) is 13.2 Å². The number of rotatable bonds is 7. The fourth-order valence-electron chi connectivity index (χ4n) is 2.81. The van der Waals surface area contributed by atoms with E-state index >= 15 is 0 Å². The molecule has 7 nitrogen and oxygen atoms in total. The summed E-state index contributed by atoms with van der Waals surface area (Å²) in [6, 6.07) is 6.22. The summed E-state index contributed by atoms with van der Waals surface area (Å²) in [7, 11) is 0. The van der Waals surface area contributed by atoms with E-state index in [0.29, 0.717) is 25.6 Å². The molecule has 1 aromatic rings. The Labute approximate surface area is 161 Å². The molecule has 1 aliphatic heterocycles. The first kappa shape index (κ1) is 22.1. The maximum Gasteiger partial charge on any atom is 0.226 e. The van der Waals surface area contributed by atoms with Crippen LogP contribution in [0.4, 0.5) is 0 Å². The monoisotopic (exact) mass is 383 g/mol. The summed E-state index contributed by atoms with van der Waals surface area (Å²) < 4.78 is 5.80. The summed E-state index contributed by atoms with van der Waals surface area (Å²) in [4.78, 5) is 13.9. The Morgan fingerprint density at radius 1 is 1.19 bits per heavy atom. The third-order valence-corrected chi connectivity index (χ3v) is 3.96. The highest BCUT2D eigenvalue weighted by atomic mass is 35.5.